The highest BCUT2D eigenvalue weighted by Gasteiger charge is 2.09. The van der Waals surface area contributed by atoms with E-state index in [1.165, 1.54) is 38.4 Å². The van der Waals surface area contributed by atoms with Crippen LogP contribution in [0.3, 0.4) is 0 Å². The number of guanidine groups is 1. The van der Waals surface area contributed by atoms with E-state index < -0.39 is 0 Å². The largest absolute Gasteiger partial charge is 0.357 e. The SMILES string of the molecule is CCNC(=NCc1ccccc1F)NCCN1CCCCC1.I. The van der Waals surface area contributed by atoms with Gasteiger partial charge in [0.05, 0.1) is 6.54 Å². The predicted octanol–water partition coefficient (Wildman–Crippen LogP) is 2.98. The van der Waals surface area contributed by atoms with E-state index >= 15 is 0 Å². The van der Waals surface area contributed by atoms with E-state index in [4.69, 9.17) is 0 Å². The van der Waals surface area contributed by atoms with Gasteiger partial charge in [-0.2, -0.15) is 0 Å². The van der Waals surface area contributed by atoms with Crippen LogP contribution >= 0.6 is 24.0 Å². The van der Waals surface area contributed by atoms with Crippen LogP contribution in [-0.4, -0.2) is 43.6 Å². The maximum Gasteiger partial charge on any atom is 0.191 e. The number of likely N-dealkylation sites (tertiary alicyclic amines) is 1. The van der Waals surface area contributed by atoms with Crippen molar-refractivity contribution in [3.8, 4) is 0 Å². The van der Waals surface area contributed by atoms with Crippen molar-refractivity contribution in [1.82, 2.24) is 15.5 Å². The average Bonchev–Trinajstić information content (AvgIpc) is 2.55. The van der Waals surface area contributed by atoms with Crippen molar-refractivity contribution in [2.24, 2.45) is 4.99 Å². The van der Waals surface area contributed by atoms with Crippen LogP contribution in [-0.2, 0) is 6.54 Å². The number of aliphatic imine (C=N–C) groups is 1. The molecule has 0 bridgehead atoms. The molecular weight excluding hydrogens is 406 g/mol. The summed E-state index contributed by atoms with van der Waals surface area (Å²) in [6.45, 7) is 7.48. The first-order chi connectivity index (χ1) is 10.8. The van der Waals surface area contributed by atoms with E-state index in [2.05, 4.69) is 20.5 Å². The fourth-order valence-electron chi connectivity index (χ4n) is 2.65. The molecule has 0 spiro atoms. The van der Waals surface area contributed by atoms with E-state index in [0.717, 1.165) is 25.6 Å². The second-order valence-corrected chi connectivity index (χ2v) is 5.62. The Morgan fingerprint density at radius 3 is 2.61 bits per heavy atom. The van der Waals surface area contributed by atoms with Crippen molar-refractivity contribution in [2.75, 3.05) is 32.7 Å². The highest BCUT2D eigenvalue weighted by molar-refractivity contribution is 14.0. The number of halogens is 2. The standard InChI is InChI=1S/C17H27FN4.HI/c1-2-19-17(20-10-13-22-11-6-3-7-12-22)21-14-15-8-4-5-9-16(15)18;/h4-5,8-9H,2-3,6-7,10-14H2,1H3,(H2,19,20,21);1H. The number of benzene rings is 1. The van der Waals surface area contributed by atoms with Gasteiger partial charge in [-0.25, -0.2) is 9.38 Å². The smallest absolute Gasteiger partial charge is 0.191 e. The van der Waals surface area contributed by atoms with Gasteiger partial charge in [-0.3, -0.25) is 0 Å². The van der Waals surface area contributed by atoms with Crippen LogP contribution in [0, 0.1) is 5.82 Å². The molecular formula is C17H28FIN4. The highest BCUT2D eigenvalue weighted by atomic mass is 127. The van der Waals surface area contributed by atoms with Crippen LogP contribution in [0.1, 0.15) is 31.7 Å². The first-order valence-corrected chi connectivity index (χ1v) is 8.27. The summed E-state index contributed by atoms with van der Waals surface area (Å²) in [4.78, 5) is 6.95. The zero-order valence-corrected chi connectivity index (χ0v) is 16.2. The van der Waals surface area contributed by atoms with Crippen LogP contribution in [0.25, 0.3) is 0 Å². The monoisotopic (exact) mass is 434 g/mol. The quantitative estimate of drug-likeness (QED) is 0.411. The second kappa shape index (κ2) is 11.6. The number of nitrogens with zero attached hydrogens (tertiary/aromatic N) is 2. The molecule has 1 aliphatic rings. The molecule has 2 rings (SSSR count). The molecule has 1 saturated heterocycles. The third-order valence-corrected chi connectivity index (χ3v) is 3.88. The van der Waals surface area contributed by atoms with Crippen molar-refractivity contribution in [2.45, 2.75) is 32.7 Å². The number of hydrogen-bond donors (Lipinski definition) is 2. The molecule has 0 unspecified atom stereocenters. The lowest BCUT2D eigenvalue weighted by molar-refractivity contribution is 0.232. The van der Waals surface area contributed by atoms with E-state index in [1.807, 2.05) is 13.0 Å². The number of hydrogen-bond acceptors (Lipinski definition) is 2. The molecule has 0 aliphatic carbocycles. The molecule has 2 N–H and O–H groups in total. The second-order valence-electron chi connectivity index (χ2n) is 5.62. The van der Waals surface area contributed by atoms with Gasteiger partial charge in [-0.1, -0.05) is 24.6 Å². The molecule has 1 aromatic rings. The van der Waals surface area contributed by atoms with E-state index in [0.29, 0.717) is 12.1 Å². The Morgan fingerprint density at radius 2 is 1.91 bits per heavy atom. The molecule has 1 heterocycles. The Bertz CT molecular complexity index is 475. The van der Waals surface area contributed by atoms with Crippen molar-refractivity contribution in [3.05, 3.63) is 35.6 Å². The van der Waals surface area contributed by atoms with Gasteiger partial charge in [-0.05, 0) is 38.9 Å². The lowest BCUT2D eigenvalue weighted by Gasteiger charge is -2.26. The van der Waals surface area contributed by atoms with Gasteiger partial charge in [0.2, 0.25) is 0 Å². The molecule has 1 aliphatic heterocycles. The topological polar surface area (TPSA) is 39.7 Å². The Labute approximate surface area is 156 Å². The number of rotatable bonds is 6. The van der Waals surface area contributed by atoms with Crippen LogP contribution in [0.5, 0.6) is 0 Å². The fourth-order valence-corrected chi connectivity index (χ4v) is 2.65. The van der Waals surface area contributed by atoms with Gasteiger partial charge < -0.3 is 15.5 Å². The van der Waals surface area contributed by atoms with Gasteiger partial charge in [0, 0.05) is 25.2 Å². The van der Waals surface area contributed by atoms with Gasteiger partial charge >= 0.3 is 0 Å². The summed E-state index contributed by atoms with van der Waals surface area (Å²) in [5.74, 6) is 0.554. The van der Waals surface area contributed by atoms with E-state index in [9.17, 15) is 4.39 Å². The first kappa shape index (κ1) is 20.2. The summed E-state index contributed by atoms with van der Waals surface area (Å²) in [7, 11) is 0. The Morgan fingerprint density at radius 1 is 1.17 bits per heavy atom. The molecule has 0 aromatic heterocycles. The third-order valence-electron chi connectivity index (χ3n) is 3.88. The van der Waals surface area contributed by atoms with Crippen molar-refractivity contribution >= 4 is 29.9 Å². The minimum absolute atomic E-state index is 0. The van der Waals surface area contributed by atoms with Crippen LogP contribution in [0.15, 0.2) is 29.3 Å². The maximum atomic E-state index is 13.6. The van der Waals surface area contributed by atoms with Crippen molar-refractivity contribution in [1.29, 1.82) is 0 Å². The van der Waals surface area contributed by atoms with Crippen LogP contribution in [0.2, 0.25) is 0 Å². The highest BCUT2D eigenvalue weighted by Crippen LogP contribution is 2.08. The fraction of sp³-hybridized carbons (Fsp3) is 0.588. The third kappa shape index (κ3) is 7.48. The summed E-state index contributed by atoms with van der Waals surface area (Å²) in [6.07, 6.45) is 3.97. The maximum absolute atomic E-state index is 13.6. The lowest BCUT2D eigenvalue weighted by atomic mass is 10.1. The number of piperidine rings is 1. The minimum atomic E-state index is -0.199. The zero-order chi connectivity index (χ0) is 15.6. The van der Waals surface area contributed by atoms with Gasteiger partial charge in [-0.15, -0.1) is 24.0 Å². The summed E-state index contributed by atoms with van der Waals surface area (Å²) < 4.78 is 13.6. The predicted molar refractivity (Wildman–Crippen MR) is 105 cm³/mol. The summed E-state index contributed by atoms with van der Waals surface area (Å²) >= 11 is 0. The Hall–Kier alpha value is -0.890. The van der Waals surface area contributed by atoms with Gasteiger partial charge in [0.1, 0.15) is 5.82 Å². The Balaban J connectivity index is 0.00000264. The lowest BCUT2D eigenvalue weighted by Crippen LogP contribution is -2.42. The molecule has 1 fully saturated rings. The minimum Gasteiger partial charge on any atom is -0.357 e. The average molecular weight is 434 g/mol. The normalized spacial score (nSPS) is 15.8. The van der Waals surface area contributed by atoms with Crippen molar-refractivity contribution in [3.63, 3.8) is 0 Å². The van der Waals surface area contributed by atoms with Gasteiger partial charge in [0.25, 0.3) is 0 Å². The van der Waals surface area contributed by atoms with E-state index in [1.54, 1.807) is 12.1 Å². The summed E-state index contributed by atoms with van der Waals surface area (Å²) in [6, 6.07) is 6.78. The molecule has 0 saturated carbocycles. The number of nitrogens with one attached hydrogen (secondary N) is 2. The Kier molecular flexibility index (Phi) is 10.2. The molecule has 0 atom stereocenters. The molecule has 130 valence electrons. The molecule has 0 amide bonds. The molecule has 4 nitrogen and oxygen atoms in total. The summed E-state index contributed by atoms with van der Waals surface area (Å²) in [5, 5.41) is 6.54. The van der Waals surface area contributed by atoms with Crippen molar-refractivity contribution < 1.29 is 4.39 Å². The molecule has 1 aromatic carbocycles. The van der Waals surface area contributed by atoms with Crippen LogP contribution in [0.4, 0.5) is 4.39 Å². The molecule has 6 heteroatoms. The van der Waals surface area contributed by atoms with Gasteiger partial charge in [0.15, 0.2) is 5.96 Å². The first-order valence-electron chi connectivity index (χ1n) is 8.27. The van der Waals surface area contributed by atoms with Crippen LogP contribution < -0.4 is 10.6 Å². The molecule has 23 heavy (non-hydrogen) atoms. The zero-order valence-electron chi connectivity index (χ0n) is 13.9. The summed E-state index contributed by atoms with van der Waals surface area (Å²) in [5.41, 5.74) is 0.621. The van der Waals surface area contributed by atoms with E-state index in [-0.39, 0.29) is 29.8 Å². The molecule has 0 radical (unpaired) electrons.